The number of aromatic nitrogens is 2. The highest BCUT2D eigenvalue weighted by atomic mass is 32.2. The molecule has 136 valence electrons. The molecule has 0 spiro atoms. The van der Waals surface area contributed by atoms with Crippen LogP contribution in [0.3, 0.4) is 0 Å². The van der Waals surface area contributed by atoms with Gasteiger partial charge in [0.1, 0.15) is 5.82 Å². The number of sulfonamides is 1. The summed E-state index contributed by atoms with van der Waals surface area (Å²) >= 11 is 0. The minimum Gasteiger partial charge on any atom is -0.337 e. The molecule has 0 atom stereocenters. The van der Waals surface area contributed by atoms with Crippen molar-refractivity contribution in [3.63, 3.8) is 0 Å². The molecule has 0 aliphatic carbocycles. The molecule has 0 fully saturated rings. The zero-order chi connectivity index (χ0) is 18.6. The van der Waals surface area contributed by atoms with E-state index in [9.17, 15) is 13.2 Å². The molecule has 0 aliphatic heterocycles. The molecule has 7 nitrogen and oxygen atoms in total. The van der Waals surface area contributed by atoms with E-state index in [1.807, 2.05) is 17.8 Å². The molecule has 0 aliphatic rings. The summed E-state index contributed by atoms with van der Waals surface area (Å²) in [6, 6.07) is 6.17. The van der Waals surface area contributed by atoms with Crippen LogP contribution in [0.1, 0.15) is 30.0 Å². The SMILES string of the molecule is CCN(CC)S(=O)(=O)c1cccc(C(=O)N(C)Cc2nccn2C)c1. The highest BCUT2D eigenvalue weighted by molar-refractivity contribution is 7.89. The summed E-state index contributed by atoms with van der Waals surface area (Å²) in [5.74, 6) is 0.502. The number of rotatable bonds is 7. The molecule has 0 unspecified atom stereocenters. The van der Waals surface area contributed by atoms with Crippen LogP contribution < -0.4 is 0 Å². The molecule has 1 amide bonds. The normalized spacial score (nSPS) is 11.7. The number of amides is 1. The number of aryl methyl sites for hydroxylation is 1. The highest BCUT2D eigenvalue weighted by Gasteiger charge is 2.23. The van der Waals surface area contributed by atoms with E-state index in [0.717, 1.165) is 5.82 Å². The lowest BCUT2D eigenvalue weighted by molar-refractivity contribution is 0.0780. The second kappa shape index (κ2) is 7.79. The van der Waals surface area contributed by atoms with Crippen molar-refractivity contribution < 1.29 is 13.2 Å². The molecule has 1 heterocycles. The molecule has 1 aromatic carbocycles. The number of hydrogen-bond acceptors (Lipinski definition) is 4. The van der Waals surface area contributed by atoms with Crippen LogP contribution in [0.4, 0.5) is 0 Å². The number of carbonyl (C=O) groups excluding carboxylic acids is 1. The van der Waals surface area contributed by atoms with Gasteiger partial charge in [-0.2, -0.15) is 4.31 Å². The monoisotopic (exact) mass is 364 g/mol. The Hall–Kier alpha value is -2.19. The van der Waals surface area contributed by atoms with Crippen molar-refractivity contribution in [1.29, 1.82) is 0 Å². The molecule has 2 aromatic rings. The molecule has 2 rings (SSSR count). The molecule has 0 bridgehead atoms. The van der Waals surface area contributed by atoms with Gasteiger partial charge in [-0.25, -0.2) is 13.4 Å². The third-order valence-electron chi connectivity index (χ3n) is 4.07. The Morgan fingerprint density at radius 2 is 1.92 bits per heavy atom. The molecule has 0 radical (unpaired) electrons. The smallest absolute Gasteiger partial charge is 0.254 e. The molecule has 0 N–H and O–H groups in total. The fourth-order valence-corrected chi connectivity index (χ4v) is 4.06. The average molecular weight is 364 g/mol. The van der Waals surface area contributed by atoms with Crippen molar-refractivity contribution in [2.75, 3.05) is 20.1 Å². The van der Waals surface area contributed by atoms with Gasteiger partial charge >= 0.3 is 0 Å². The summed E-state index contributed by atoms with van der Waals surface area (Å²) in [5, 5.41) is 0. The van der Waals surface area contributed by atoms with Crippen molar-refractivity contribution >= 4 is 15.9 Å². The molecule has 1 aromatic heterocycles. The Bertz CT molecular complexity index is 841. The summed E-state index contributed by atoms with van der Waals surface area (Å²) < 4.78 is 28.5. The van der Waals surface area contributed by atoms with Gasteiger partial charge in [0.15, 0.2) is 0 Å². The van der Waals surface area contributed by atoms with Crippen LogP contribution in [0, 0.1) is 0 Å². The van der Waals surface area contributed by atoms with E-state index < -0.39 is 10.0 Å². The predicted octanol–water partition coefficient (Wildman–Crippen LogP) is 1.72. The van der Waals surface area contributed by atoms with Gasteiger partial charge in [0.05, 0.1) is 11.4 Å². The number of nitrogens with zero attached hydrogens (tertiary/aromatic N) is 4. The van der Waals surface area contributed by atoms with Crippen molar-refractivity contribution in [3.05, 3.63) is 48.0 Å². The van der Waals surface area contributed by atoms with Crippen molar-refractivity contribution in [3.8, 4) is 0 Å². The van der Waals surface area contributed by atoms with E-state index in [-0.39, 0.29) is 10.8 Å². The first-order valence-electron chi connectivity index (χ1n) is 8.13. The summed E-state index contributed by atoms with van der Waals surface area (Å²) in [6.45, 7) is 4.69. The number of imidazole rings is 1. The van der Waals surface area contributed by atoms with Gasteiger partial charge in [0.25, 0.3) is 5.91 Å². The number of hydrogen-bond donors (Lipinski definition) is 0. The minimum absolute atomic E-state index is 0.132. The first kappa shape index (κ1) is 19.1. The van der Waals surface area contributed by atoms with Crippen LogP contribution in [0.25, 0.3) is 0 Å². The topological polar surface area (TPSA) is 75.5 Å². The van der Waals surface area contributed by atoms with E-state index in [0.29, 0.717) is 25.2 Å². The first-order chi connectivity index (χ1) is 11.8. The predicted molar refractivity (Wildman–Crippen MR) is 95.6 cm³/mol. The fraction of sp³-hybridized carbons (Fsp3) is 0.412. The maximum Gasteiger partial charge on any atom is 0.254 e. The lowest BCUT2D eigenvalue weighted by Gasteiger charge is -2.20. The summed E-state index contributed by atoms with van der Waals surface area (Å²) in [6.07, 6.45) is 3.48. The summed E-state index contributed by atoms with van der Waals surface area (Å²) in [7, 11) is -0.0652. The molecule has 8 heteroatoms. The Balaban J connectivity index is 2.26. The lowest BCUT2D eigenvalue weighted by Crippen LogP contribution is -2.31. The van der Waals surface area contributed by atoms with Crippen LogP contribution in [-0.4, -0.2) is 53.2 Å². The van der Waals surface area contributed by atoms with Gasteiger partial charge in [-0.3, -0.25) is 4.79 Å². The van der Waals surface area contributed by atoms with Gasteiger partial charge in [-0.05, 0) is 18.2 Å². The third-order valence-corrected chi connectivity index (χ3v) is 6.12. The fourth-order valence-electron chi connectivity index (χ4n) is 2.56. The van der Waals surface area contributed by atoms with Gasteiger partial charge in [0.2, 0.25) is 10.0 Å². The third kappa shape index (κ3) is 4.08. The molecular weight excluding hydrogens is 340 g/mol. The van der Waals surface area contributed by atoms with Crippen LogP contribution in [0.2, 0.25) is 0 Å². The summed E-state index contributed by atoms with van der Waals surface area (Å²) in [4.78, 5) is 18.5. The van der Waals surface area contributed by atoms with Gasteiger partial charge in [-0.15, -0.1) is 0 Å². The molecule has 25 heavy (non-hydrogen) atoms. The second-order valence-electron chi connectivity index (χ2n) is 5.73. The summed E-state index contributed by atoms with van der Waals surface area (Å²) in [5.41, 5.74) is 0.338. The largest absolute Gasteiger partial charge is 0.337 e. The van der Waals surface area contributed by atoms with Gasteiger partial charge < -0.3 is 9.47 Å². The second-order valence-corrected chi connectivity index (χ2v) is 7.67. The first-order valence-corrected chi connectivity index (χ1v) is 9.57. The maximum atomic E-state index is 12.7. The van der Waals surface area contributed by atoms with Gasteiger partial charge in [0, 0.05) is 45.1 Å². The highest BCUT2D eigenvalue weighted by Crippen LogP contribution is 2.18. The standard InChI is InChI=1S/C17H24N4O3S/c1-5-21(6-2)25(23,24)15-9-7-8-14(12-15)17(22)20(4)13-16-18-10-11-19(16)3/h7-12H,5-6,13H2,1-4H3. The molecule has 0 saturated heterocycles. The molecular formula is C17H24N4O3S. The maximum absolute atomic E-state index is 12.7. The quantitative estimate of drug-likeness (QED) is 0.750. The van der Waals surface area contributed by atoms with E-state index >= 15 is 0 Å². The van der Waals surface area contributed by atoms with Gasteiger partial charge in [-0.1, -0.05) is 19.9 Å². The zero-order valence-electron chi connectivity index (χ0n) is 15.0. The Labute approximate surface area is 148 Å². The Morgan fingerprint density at radius 3 is 2.48 bits per heavy atom. The van der Waals surface area contributed by atoms with E-state index in [2.05, 4.69) is 4.98 Å². The van der Waals surface area contributed by atoms with Crippen LogP contribution >= 0.6 is 0 Å². The Morgan fingerprint density at radius 1 is 1.24 bits per heavy atom. The van der Waals surface area contributed by atoms with Crippen LogP contribution in [0.15, 0.2) is 41.6 Å². The Kier molecular flexibility index (Phi) is 5.97. The van der Waals surface area contributed by atoms with E-state index in [4.69, 9.17) is 0 Å². The lowest BCUT2D eigenvalue weighted by atomic mass is 10.2. The van der Waals surface area contributed by atoms with Crippen LogP contribution in [0.5, 0.6) is 0 Å². The molecule has 0 saturated carbocycles. The zero-order valence-corrected chi connectivity index (χ0v) is 15.8. The van der Waals surface area contributed by atoms with E-state index in [1.54, 1.807) is 39.2 Å². The van der Waals surface area contributed by atoms with Crippen LogP contribution in [-0.2, 0) is 23.6 Å². The van der Waals surface area contributed by atoms with E-state index in [1.165, 1.54) is 21.3 Å². The number of benzene rings is 1. The number of carbonyl (C=O) groups is 1. The van der Waals surface area contributed by atoms with Crippen molar-refractivity contribution in [2.24, 2.45) is 7.05 Å². The average Bonchev–Trinajstić information content (AvgIpc) is 3.00. The van der Waals surface area contributed by atoms with Crippen molar-refractivity contribution in [2.45, 2.75) is 25.3 Å². The minimum atomic E-state index is -3.59. The van der Waals surface area contributed by atoms with Crippen molar-refractivity contribution in [1.82, 2.24) is 18.8 Å².